The number of nitrogens with zero attached hydrogens (tertiary/aromatic N) is 2. The molecule has 11 heteroatoms. The molecule has 0 atom stereocenters. The topological polar surface area (TPSA) is 144 Å². The first-order valence-corrected chi connectivity index (χ1v) is 10.7. The number of anilines is 2. The van der Waals surface area contributed by atoms with Crippen LogP contribution >= 0.6 is 0 Å². The van der Waals surface area contributed by atoms with Crippen molar-refractivity contribution in [2.75, 3.05) is 24.9 Å². The van der Waals surface area contributed by atoms with Gasteiger partial charge in [0.15, 0.2) is 11.5 Å². The molecule has 0 bridgehead atoms. The molecular formula is C25H23N5O6. The van der Waals surface area contributed by atoms with Crippen LogP contribution in [0, 0.1) is 6.92 Å². The molecule has 4 rings (SSSR count). The summed E-state index contributed by atoms with van der Waals surface area (Å²) in [4.78, 5) is 32.5. The number of imide groups is 1. The molecule has 0 spiro atoms. The molecule has 0 saturated carbocycles. The van der Waals surface area contributed by atoms with Gasteiger partial charge in [0.1, 0.15) is 23.1 Å². The van der Waals surface area contributed by atoms with Gasteiger partial charge in [-0.3, -0.25) is 15.6 Å². The largest absolute Gasteiger partial charge is 0.506 e. The monoisotopic (exact) mass is 489 g/mol. The van der Waals surface area contributed by atoms with E-state index in [0.717, 1.165) is 5.56 Å². The lowest BCUT2D eigenvalue weighted by Crippen LogP contribution is -2.37. The highest BCUT2D eigenvalue weighted by Crippen LogP contribution is 2.38. The summed E-state index contributed by atoms with van der Waals surface area (Å²) in [5.74, 6) is 1.85. The van der Waals surface area contributed by atoms with Gasteiger partial charge in [-0.15, -0.1) is 0 Å². The van der Waals surface area contributed by atoms with E-state index in [1.54, 1.807) is 48.8 Å². The Morgan fingerprint density at radius 3 is 2.31 bits per heavy atom. The number of rotatable bonds is 6. The summed E-state index contributed by atoms with van der Waals surface area (Å²) in [5.41, 5.74) is 1.63. The first-order valence-electron chi connectivity index (χ1n) is 10.7. The summed E-state index contributed by atoms with van der Waals surface area (Å²) >= 11 is 0. The second-order valence-corrected chi connectivity index (χ2v) is 7.57. The molecule has 0 aliphatic heterocycles. The Balaban J connectivity index is 1.44. The van der Waals surface area contributed by atoms with Crippen LogP contribution < -0.4 is 30.2 Å². The van der Waals surface area contributed by atoms with Crippen molar-refractivity contribution in [3.63, 3.8) is 0 Å². The van der Waals surface area contributed by atoms with Crippen LogP contribution in [0.2, 0.25) is 0 Å². The average Bonchev–Trinajstić information content (AvgIpc) is 2.86. The van der Waals surface area contributed by atoms with E-state index in [1.165, 1.54) is 26.4 Å². The summed E-state index contributed by atoms with van der Waals surface area (Å²) in [5, 5.41) is 18.0. The Bertz CT molecular complexity index is 1420. The van der Waals surface area contributed by atoms with Gasteiger partial charge in [0.25, 0.3) is 0 Å². The Morgan fingerprint density at radius 2 is 1.61 bits per heavy atom. The van der Waals surface area contributed by atoms with Gasteiger partial charge < -0.3 is 24.6 Å². The quantitative estimate of drug-likeness (QED) is 0.283. The maximum Gasteiger partial charge on any atom is 0.328 e. The molecule has 4 N–H and O–H groups in total. The zero-order valence-electron chi connectivity index (χ0n) is 19.7. The number of phenols is 1. The number of carbonyl (C=O) groups is 2. The lowest BCUT2D eigenvalue weighted by Gasteiger charge is -2.13. The van der Waals surface area contributed by atoms with Crippen LogP contribution in [0.3, 0.4) is 0 Å². The SMILES string of the molecule is COc1cc2nccc(Oc3ccc(NC(=O)NC(=O)Nc4ccc(C)cn4)c(O)c3)c2cc1OC. The molecule has 36 heavy (non-hydrogen) atoms. The Labute approximate surface area is 206 Å². The number of fused-ring (bicyclic) bond motifs is 1. The molecule has 0 aliphatic rings. The van der Waals surface area contributed by atoms with Crippen molar-refractivity contribution in [1.29, 1.82) is 0 Å². The molecule has 11 nitrogen and oxygen atoms in total. The van der Waals surface area contributed by atoms with E-state index >= 15 is 0 Å². The number of carbonyl (C=O) groups excluding carboxylic acids is 2. The Hall–Kier alpha value is -5.06. The van der Waals surface area contributed by atoms with Gasteiger partial charge in [0, 0.05) is 29.9 Å². The zero-order valence-corrected chi connectivity index (χ0v) is 19.7. The van der Waals surface area contributed by atoms with Crippen molar-refractivity contribution in [2.24, 2.45) is 0 Å². The van der Waals surface area contributed by atoms with E-state index in [2.05, 4.69) is 25.9 Å². The number of urea groups is 2. The molecule has 0 fully saturated rings. The van der Waals surface area contributed by atoms with Crippen molar-refractivity contribution in [2.45, 2.75) is 6.92 Å². The number of benzene rings is 2. The van der Waals surface area contributed by atoms with E-state index in [0.29, 0.717) is 33.9 Å². The van der Waals surface area contributed by atoms with Crippen LogP contribution in [0.4, 0.5) is 21.1 Å². The molecule has 184 valence electrons. The fourth-order valence-corrected chi connectivity index (χ4v) is 3.29. The van der Waals surface area contributed by atoms with Gasteiger partial charge in [0.05, 0.1) is 25.4 Å². The van der Waals surface area contributed by atoms with Gasteiger partial charge in [-0.25, -0.2) is 14.6 Å². The number of hydrogen-bond acceptors (Lipinski definition) is 8. The molecule has 0 saturated heterocycles. The molecule has 0 aliphatic carbocycles. The van der Waals surface area contributed by atoms with Crippen LogP contribution in [0.15, 0.2) is 60.9 Å². The first-order chi connectivity index (χ1) is 17.4. The maximum absolute atomic E-state index is 12.2. The summed E-state index contributed by atoms with van der Waals surface area (Å²) in [6.07, 6.45) is 3.17. The molecule has 2 heterocycles. The summed E-state index contributed by atoms with van der Waals surface area (Å²) in [6.45, 7) is 1.86. The number of pyridine rings is 2. The maximum atomic E-state index is 12.2. The lowest BCUT2D eigenvalue weighted by molar-refractivity contribution is 0.240. The second-order valence-electron chi connectivity index (χ2n) is 7.57. The van der Waals surface area contributed by atoms with E-state index in [1.807, 2.05) is 6.92 Å². The number of aryl methyl sites for hydroxylation is 1. The number of nitrogens with one attached hydrogen (secondary N) is 3. The molecule has 4 aromatic rings. The highest BCUT2D eigenvalue weighted by Gasteiger charge is 2.14. The molecule has 2 aromatic heterocycles. The predicted octanol–water partition coefficient (Wildman–Crippen LogP) is 4.81. The third-order valence-electron chi connectivity index (χ3n) is 5.03. The van der Waals surface area contributed by atoms with E-state index in [4.69, 9.17) is 14.2 Å². The number of aromatic nitrogens is 2. The average molecular weight is 489 g/mol. The number of amides is 4. The fourth-order valence-electron chi connectivity index (χ4n) is 3.29. The third-order valence-corrected chi connectivity index (χ3v) is 5.03. The minimum atomic E-state index is -0.843. The van der Waals surface area contributed by atoms with E-state index < -0.39 is 12.1 Å². The van der Waals surface area contributed by atoms with Crippen molar-refractivity contribution < 1.29 is 28.9 Å². The van der Waals surface area contributed by atoms with Gasteiger partial charge >= 0.3 is 12.1 Å². The van der Waals surface area contributed by atoms with Crippen molar-refractivity contribution in [1.82, 2.24) is 15.3 Å². The number of phenolic OH excluding ortho intramolecular Hbond substituents is 1. The van der Waals surface area contributed by atoms with Crippen molar-refractivity contribution in [3.8, 4) is 28.7 Å². The van der Waals surface area contributed by atoms with Crippen LogP contribution in [0.1, 0.15) is 5.56 Å². The predicted molar refractivity (Wildman–Crippen MR) is 133 cm³/mol. The summed E-state index contributed by atoms with van der Waals surface area (Å²) in [7, 11) is 3.07. The van der Waals surface area contributed by atoms with Gasteiger partial charge in [-0.2, -0.15) is 0 Å². The van der Waals surface area contributed by atoms with E-state index in [9.17, 15) is 14.7 Å². The second kappa shape index (κ2) is 10.5. The van der Waals surface area contributed by atoms with Gasteiger partial charge in [-0.05, 0) is 42.8 Å². The lowest BCUT2D eigenvalue weighted by atomic mass is 10.2. The van der Waals surface area contributed by atoms with Crippen molar-refractivity contribution >= 4 is 34.5 Å². The molecular weight excluding hydrogens is 466 g/mol. The first kappa shape index (κ1) is 24.1. The fraction of sp³-hybridized carbons (Fsp3) is 0.120. The molecule has 4 amide bonds. The summed E-state index contributed by atoms with van der Waals surface area (Å²) < 4.78 is 16.6. The number of methoxy groups -OCH3 is 2. The van der Waals surface area contributed by atoms with Crippen LogP contribution in [0.25, 0.3) is 10.9 Å². The van der Waals surface area contributed by atoms with Gasteiger partial charge in [-0.1, -0.05) is 6.07 Å². The smallest absolute Gasteiger partial charge is 0.328 e. The van der Waals surface area contributed by atoms with Gasteiger partial charge in [0.2, 0.25) is 0 Å². The van der Waals surface area contributed by atoms with Crippen LogP contribution in [-0.4, -0.2) is 41.4 Å². The molecule has 2 aromatic carbocycles. The minimum Gasteiger partial charge on any atom is -0.506 e. The number of ether oxygens (including phenoxy) is 3. The molecule has 0 radical (unpaired) electrons. The third kappa shape index (κ3) is 5.53. The number of aromatic hydroxyl groups is 1. The Morgan fingerprint density at radius 1 is 0.861 bits per heavy atom. The number of hydrogen-bond donors (Lipinski definition) is 4. The highest BCUT2D eigenvalue weighted by molar-refractivity contribution is 6.05. The van der Waals surface area contributed by atoms with E-state index in [-0.39, 0.29) is 17.3 Å². The van der Waals surface area contributed by atoms with Crippen LogP contribution in [0.5, 0.6) is 28.7 Å². The zero-order chi connectivity index (χ0) is 25.7. The Kier molecular flexibility index (Phi) is 7.00. The highest BCUT2D eigenvalue weighted by atomic mass is 16.5. The standard InChI is InChI=1S/C25H23N5O6/c1-14-4-7-23(27-13-14)29-25(33)30-24(32)28-17-6-5-15(10-19(17)31)36-20-8-9-26-18-12-22(35-3)21(34-2)11-16(18)20/h4-13,31H,1-3H3,(H3,27,28,29,30,32,33). The summed E-state index contributed by atoms with van der Waals surface area (Å²) in [6, 6.07) is 11.2. The normalized spacial score (nSPS) is 10.4. The van der Waals surface area contributed by atoms with Crippen molar-refractivity contribution in [3.05, 3.63) is 66.5 Å². The minimum absolute atomic E-state index is 0.0760. The van der Waals surface area contributed by atoms with Crippen LogP contribution in [-0.2, 0) is 0 Å². The molecule has 0 unspecified atom stereocenters.